The van der Waals surface area contributed by atoms with Gasteiger partial charge in [-0.05, 0) is 92.2 Å². The maximum atomic E-state index is 13.5. The van der Waals surface area contributed by atoms with Gasteiger partial charge in [0, 0.05) is 10.9 Å². The van der Waals surface area contributed by atoms with Crippen LogP contribution in [0.2, 0.25) is 0 Å². The number of H-pyrrole nitrogens is 1. The van der Waals surface area contributed by atoms with Gasteiger partial charge in [-0.25, -0.2) is 9.37 Å². The quantitative estimate of drug-likeness (QED) is 0.267. The molecule has 0 bridgehead atoms. The summed E-state index contributed by atoms with van der Waals surface area (Å²) in [7, 11) is 0. The molecule has 1 atom stereocenters. The number of anilines is 2. The standard InChI is InChI=1S/C27H28FN5O/c1-17(11-18-3-2-9-29-10-8-18)19-4-6-23(26(34)14-19)32-27-16-30-15-25(33-27)24-13-20-12-21(28)5-7-22(20)31-24/h4-7,12-16,18,29,31,34H,1-3,8-11H2,(H,32,33). The molecule has 1 aliphatic rings. The van der Waals surface area contributed by atoms with E-state index in [0.717, 1.165) is 53.7 Å². The van der Waals surface area contributed by atoms with Gasteiger partial charge in [0.25, 0.3) is 0 Å². The minimum Gasteiger partial charge on any atom is -0.506 e. The third-order valence-corrected chi connectivity index (χ3v) is 6.39. The molecule has 174 valence electrons. The second-order valence-electron chi connectivity index (χ2n) is 8.92. The van der Waals surface area contributed by atoms with Crippen LogP contribution in [0.5, 0.6) is 5.75 Å². The summed E-state index contributed by atoms with van der Waals surface area (Å²) in [6.45, 7) is 6.42. The van der Waals surface area contributed by atoms with Crippen LogP contribution in [0.4, 0.5) is 15.9 Å². The minimum absolute atomic E-state index is 0.134. The Morgan fingerprint density at radius 1 is 1.12 bits per heavy atom. The van der Waals surface area contributed by atoms with Crippen LogP contribution >= 0.6 is 0 Å². The molecule has 4 aromatic rings. The summed E-state index contributed by atoms with van der Waals surface area (Å²) in [5, 5.41) is 18.0. The van der Waals surface area contributed by atoms with Crippen molar-refractivity contribution in [1.29, 1.82) is 0 Å². The Balaban J connectivity index is 1.30. The molecule has 0 saturated carbocycles. The lowest BCUT2D eigenvalue weighted by Crippen LogP contribution is -2.14. The van der Waals surface area contributed by atoms with Crippen LogP contribution in [-0.4, -0.2) is 33.1 Å². The molecule has 7 heteroatoms. The molecular formula is C27H28FN5O. The summed E-state index contributed by atoms with van der Waals surface area (Å²) < 4.78 is 13.5. The Kier molecular flexibility index (Phi) is 6.27. The van der Waals surface area contributed by atoms with Gasteiger partial charge in [-0.1, -0.05) is 12.6 Å². The number of allylic oxidation sites excluding steroid dienone is 1. The number of phenolic OH excluding ortho intramolecular Hbond substituents is 1. The van der Waals surface area contributed by atoms with Gasteiger partial charge in [-0.2, -0.15) is 0 Å². The SMILES string of the molecule is C=C(CC1CCCNCC1)c1ccc(Nc2cncc(-c3cc4cc(F)ccc4[nH]3)n2)c(O)c1. The molecule has 2 aromatic carbocycles. The van der Waals surface area contributed by atoms with E-state index in [0.29, 0.717) is 23.1 Å². The van der Waals surface area contributed by atoms with E-state index < -0.39 is 0 Å². The van der Waals surface area contributed by atoms with Gasteiger partial charge in [0.2, 0.25) is 0 Å². The molecule has 5 rings (SSSR count). The van der Waals surface area contributed by atoms with Crippen LogP contribution in [0.15, 0.2) is 61.4 Å². The second-order valence-corrected chi connectivity index (χ2v) is 8.92. The Hall–Kier alpha value is -3.71. The molecule has 3 heterocycles. The molecule has 1 aliphatic heterocycles. The van der Waals surface area contributed by atoms with Crippen LogP contribution in [0.25, 0.3) is 27.9 Å². The number of benzene rings is 2. The van der Waals surface area contributed by atoms with Crippen molar-refractivity contribution in [3.05, 3.63) is 72.8 Å². The number of nitrogens with one attached hydrogen (secondary N) is 3. The summed E-state index contributed by atoms with van der Waals surface area (Å²) in [6, 6.07) is 12.0. The molecule has 1 unspecified atom stereocenters. The third-order valence-electron chi connectivity index (χ3n) is 6.39. The predicted molar refractivity (Wildman–Crippen MR) is 135 cm³/mol. The molecule has 0 amide bonds. The molecular weight excluding hydrogens is 429 g/mol. The number of aromatic amines is 1. The van der Waals surface area contributed by atoms with Crippen LogP contribution < -0.4 is 10.6 Å². The number of halogens is 1. The number of hydrogen-bond donors (Lipinski definition) is 4. The first-order valence-corrected chi connectivity index (χ1v) is 11.6. The summed E-state index contributed by atoms with van der Waals surface area (Å²) >= 11 is 0. The fourth-order valence-electron chi connectivity index (χ4n) is 4.55. The molecule has 1 saturated heterocycles. The largest absolute Gasteiger partial charge is 0.506 e. The molecule has 0 spiro atoms. The smallest absolute Gasteiger partial charge is 0.149 e. The summed E-state index contributed by atoms with van der Waals surface area (Å²) in [5.41, 5.74) is 4.71. The van der Waals surface area contributed by atoms with Crippen molar-refractivity contribution in [3.8, 4) is 17.1 Å². The van der Waals surface area contributed by atoms with E-state index in [1.54, 1.807) is 24.5 Å². The van der Waals surface area contributed by atoms with Crippen LogP contribution in [0.1, 0.15) is 31.2 Å². The first-order valence-electron chi connectivity index (χ1n) is 11.6. The molecule has 34 heavy (non-hydrogen) atoms. The molecule has 2 aromatic heterocycles. The van der Waals surface area contributed by atoms with Gasteiger partial charge in [0.15, 0.2) is 0 Å². The monoisotopic (exact) mass is 457 g/mol. The van der Waals surface area contributed by atoms with E-state index in [4.69, 9.17) is 0 Å². The first-order chi connectivity index (χ1) is 16.5. The van der Waals surface area contributed by atoms with Crippen molar-refractivity contribution in [3.63, 3.8) is 0 Å². The van der Waals surface area contributed by atoms with Crippen molar-refractivity contribution in [2.45, 2.75) is 25.7 Å². The maximum absolute atomic E-state index is 13.5. The van der Waals surface area contributed by atoms with Crippen molar-refractivity contribution in [2.24, 2.45) is 5.92 Å². The van der Waals surface area contributed by atoms with Gasteiger partial charge < -0.3 is 20.7 Å². The lowest BCUT2D eigenvalue weighted by molar-refractivity contribution is 0.476. The number of nitrogens with zero attached hydrogens (tertiary/aromatic N) is 2. The predicted octanol–water partition coefficient (Wildman–Crippen LogP) is 6.01. The summed E-state index contributed by atoms with van der Waals surface area (Å²) in [6.07, 6.45) is 7.74. The highest BCUT2D eigenvalue weighted by Gasteiger charge is 2.15. The summed E-state index contributed by atoms with van der Waals surface area (Å²) in [5.74, 6) is 0.971. The number of fused-ring (bicyclic) bond motifs is 1. The molecule has 6 nitrogen and oxygen atoms in total. The normalized spacial score (nSPS) is 16.3. The minimum atomic E-state index is -0.285. The third kappa shape index (κ3) is 4.94. The average molecular weight is 458 g/mol. The van der Waals surface area contributed by atoms with E-state index in [1.165, 1.54) is 25.0 Å². The fraction of sp³-hybridized carbons (Fsp3) is 0.259. The average Bonchev–Trinajstić information content (AvgIpc) is 3.08. The molecule has 0 radical (unpaired) electrons. The second kappa shape index (κ2) is 9.65. The highest BCUT2D eigenvalue weighted by Crippen LogP contribution is 2.33. The van der Waals surface area contributed by atoms with Crippen molar-refractivity contribution in [1.82, 2.24) is 20.3 Å². The molecule has 0 aliphatic carbocycles. The number of rotatable bonds is 6. The van der Waals surface area contributed by atoms with Gasteiger partial charge >= 0.3 is 0 Å². The zero-order valence-electron chi connectivity index (χ0n) is 18.9. The van der Waals surface area contributed by atoms with Crippen LogP contribution in [-0.2, 0) is 0 Å². The van der Waals surface area contributed by atoms with E-state index in [-0.39, 0.29) is 11.6 Å². The highest BCUT2D eigenvalue weighted by molar-refractivity contribution is 5.85. The Labute approximate surface area is 198 Å². The van der Waals surface area contributed by atoms with Crippen molar-refractivity contribution < 1.29 is 9.50 Å². The Bertz CT molecular complexity index is 1320. The van der Waals surface area contributed by atoms with E-state index in [1.807, 2.05) is 18.2 Å². The topological polar surface area (TPSA) is 85.9 Å². The van der Waals surface area contributed by atoms with Gasteiger partial charge in [0.05, 0.1) is 23.8 Å². The van der Waals surface area contributed by atoms with Crippen molar-refractivity contribution in [2.75, 3.05) is 18.4 Å². The van der Waals surface area contributed by atoms with Gasteiger partial charge in [-0.3, -0.25) is 4.98 Å². The van der Waals surface area contributed by atoms with Crippen LogP contribution in [0, 0.1) is 11.7 Å². The van der Waals surface area contributed by atoms with E-state index in [9.17, 15) is 9.50 Å². The number of aromatic hydroxyl groups is 1. The lowest BCUT2D eigenvalue weighted by Gasteiger charge is -2.16. The molecule has 1 fully saturated rings. The van der Waals surface area contributed by atoms with E-state index in [2.05, 4.69) is 32.2 Å². The van der Waals surface area contributed by atoms with Crippen LogP contribution in [0.3, 0.4) is 0 Å². The summed E-state index contributed by atoms with van der Waals surface area (Å²) in [4.78, 5) is 12.1. The fourth-order valence-corrected chi connectivity index (χ4v) is 4.55. The first kappa shape index (κ1) is 22.1. The zero-order valence-corrected chi connectivity index (χ0v) is 18.9. The number of phenols is 1. The lowest BCUT2D eigenvalue weighted by atomic mass is 9.90. The number of hydrogen-bond acceptors (Lipinski definition) is 5. The van der Waals surface area contributed by atoms with Crippen molar-refractivity contribution >= 4 is 28.0 Å². The molecule has 4 N–H and O–H groups in total. The Morgan fingerprint density at radius 2 is 2.03 bits per heavy atom. The number of aromatic nitrogens is 3. The maximum Gasteiger partial charge on any atom is 0.149 e. The van der Waals surface area contributed by atoms with Gasteiger partial charge in [0.1, 0.15) is 23.1 Å². The highest BCUT2D eigenvalue weighted by atomic mass is 19.1. The Morgan fingerprint density at radius 3 is 2.91 bits per heavy atom. The van der Waals surface area contributed by atoms with Gasteiger partial charge in [-0.15, -0.1) is 0 Å². The van der Waals surface area contributed by atoms with E-state index >= 15 is 0 Å². The zero-order chi connectivity index (χ0) is 23.5.